The number of hydrogen-bond acceptors (Lipinski definition) is 4. The lowest BCUT2D eigenvalue weighted by Gasteiger charge is -2.41. The fourth-order valence-corrected chi connectivity index (χ4v) is 5.42. The zero-order valence-corrected chi connectivity index (χ0v) is 19.7. The second-order valence-corrected chi connectivity index (χ2v) is 8.60. The first-order valence-electron chi connectivity index (χ1n) is 10.5. The Morgan fingerprint density at radius 1 is 1.00 bits per heavy atom. The molecule has 1 N–H and O–H groups in total. The van der Waals surface area contributed by atoms with Gasteiger partial charge in [-0.15, -0.1) is 0 Å². The summed E-state index contributed by atoms with van der Waals surface area (Å²) in [4.78, 5) is 17.4. The van der Waals surface area contributed by atoms with Crippen molar-refractivity contribution < 1.29 is 14.3 Å². The van der Waals surface area contributed by atoms with Crippen LogP contribution >= 0.6 is 23.8 Å². The van der Waals surface area contributed by atoms with Crippen LogP contribution in [0, 0.1) is 0 Å². The Balaban J connectivity index is 1.62. The molecule has 8 heteroatoms. The van der Waals surface area contributed by atoms with Gasteiger partial charge in [-0.25, -0.2) is 0 Å². The molecule has 1 amide bonds. The number of ether oxygens (including phenoxy) is 2. The molecule has 1 fully saturated rings. The smallest absolute Gasteiger partial charge is 0.256 e. The van der Waals surface area contributed by atoms with E-state index in [2.05, 4.69) is 10.2 Å². The molecule has 1 atom stereocenters. The minimum atomic E-state index is -0.831. The molecule has 1 unspecified atom stereocenters. The fourth-order valence-electron chi connectivity index (χ4n) is 4.85. The Kier molecular flexibility index (Phi) is 5.38. The molecule has 1 saturated heterocycles. The maximum atomic E-state index is 13.4. The Hall–Kier alpha value is -3.29. The SMILES string of the molecule is COc1cc(NC(=S)N2CCN3C(=O)c4ccccc4C32c2ccccc2)c(OC)cc1Cl. The number of benzene rings is 3. The summed E-state index contributed by atoms with van der Waals surface area (Å²) in [6.07, 6.45) is 0. The number of carbonyl (C=O) groups excluding carboxylic acids is 1. The summed E-state index contributed by atoms with van der Waals surface area (Å²) in [6, 6.07) is 21.2. The molecule has 0 saturated carbocycles. The minimum Gasteiger partial charge on any atom is -0.495 e. The van der Waals surface area contributed by atoms with Crippen LogP contribution in [0.3, 0.4) is 0 Å². The van der Waals surface area contributed by atoms with Crippen molar-refractivity contribution in [1.82, 2.24) is 9.80 Å². The Bertz CT molecular complexity index is 1250. The second-order valence-electron chi connectivity index (χ2n) is 7.81. The van der Waals surface area contributed by atoms with Gasteiger partial charge in [-0.05, 0) is 18.3 Å². The van der Waals surface area contributed by atoms with E-state index in [1.165, 1.54) is 0 Å². The standard InChI is InChI=1S/C25H22ClN3O3S/c1-31-21-15-20(22(32-2)14-19(21)26)27-24(33)29-13-12-28-23(30)17-10-6-7-11-18(17)25(28,29)16-8-4-3-5-9-16/h3-11,14-15H,12-13H2,1-2H3,(H,27,33). The third kappa shape index (κ3) is 3.14. The van der Waals surface area contributed by atoms with Crippen LogP contribution in [0.4, 0.5) is 5.69 Å². The normalized spacial score (nSPS) is 18.7. The molecule has 0 aliphatic carbocycles. The van der Waals surface area contributed by atoms with Crippen molar-refractivity contribution in [2.75, 3.05) is 32.6 Å². The second kappa shape index (κ2) is 8.24. The lowest BCUT2D eigenvalue weighted by molar-refractivity contribution is 0.0604. The van der Waals surface area contributed by atoms with Crippen molar-refractivity contribution in [3.8, 4) is 11.5 Å². The van der Waals surface area contributed by atoms with Crippen molar-refractivity contribution >= 4 is 40.5 Å². The minimum absolute atomic E-state index is 0.00509. The highest BCUT2D eigenvalue weighted by atomic mass is 35.5. The van der Waals surface area contributed by atoms with Crippen LogP contribution in [-0.4, -0.2) is 48.1 Å². The number of nitrogens with zero attached hydrogens (tertiary/aromatic N) is 2. The van der Waals surface area contributed by atoms with E-state index in [0.29, 0.717) is 46.0 Å². The van der Waals surface area contributed by atoms with Gasteiger partial charge in [0.2, 0.25) is 0 Å². The summed E-state index contributed by atoms with van der Waals surface area (Å²) in [5.41, 5.74) is 2.39. The van der Waals surface area contributed by atoms with Gasteiger partial charge in [0.05, 0.1) is 24.9 Å². The summed E-state index contributed by atoms with van der Waals surface area (Å²) >= 11 is 12.2. The summed E-state index contributed by atoms with van der Waals surface area (Å²) in [7, 11) is 3.13. The Morgan fingerprint density at radius 3 is 2.42 bits per heavy atom. The van der Waals surface area contributed by atoms with E-state index < -0.39 is 5.66 Å². The predicted octanol–water partition coefficient (Wildman–Crippen LogP) is 4.73. The van der Waals surface area contributed by atoms with Crippen LogP contribution in [-0.2, 0) is 5.66 Å². The van der Waals surface area contributed by atoms with Crippen LogP contribution in [0.1, 0.15) is 21.5 Å². The third-order valence-corrected chi connectivity index (χ3v) is 6.86. The van der Waals surface area contributed by atoms with Gasteiger partial charge < -0.3 is 24.6 Å². The highest BCUT2D eigenvalue weighted by Crippen LogP contribution is 2.50. The van der Waals surface area contributed by atoms with Gasteiger partial charge in [0, 0.05) is 41.9 Å². The first kappa shape index (κ1) is 21.6. The Morgan fingerprint density at radius 2 is 1.70 bits per heavy atom. The lowest BCUT2D eigenvalue weighted by atomic mass is 9.90. The number of fused-ring (bicyclic) bond motifs is 3. The summed E-state index contributed by atoms with van der Waals surface area (Å²) in [6.45, 7) is 1.12. The first-order valence-corrected chi connectivity index (χ1v) is 11.3. The number of thiocarbonyl (C=S) groups is 1. The average Bonchev–Trinajstić information content (AvgIpc) is 3.36. The number of rotatable bonds is 4. The number of amides is 1. The van der Waals surface area contributed by atoms with Crippen molar-refractivity contribution in [3.63, 3.8) is 0 Å². The van der Waals surface area contributed by atoms with Crippen molar-refractivity contribution in [2.24, 2.45) is 0 Å². The molecule has 5 rings (SSSR count). The molecule has 2 aliphatic rings. The van der Waals surface area contributed by atoms with E-state index in [4.69, 9.17) is 33.3 Å². The number of anilines is 1. The van der Waals surface area contributed by atoms with Crippen molar-refractivity contribution in [1.29, 1.82) is 0 Å². The highest BCUT2D eigenvalue weighted by molar-refractivity contribution is 7.80. The van der Waals surface area contributed by atoms with Crippen LogP contribution in [0.15, 0.2) is 66.7 Å². The molecule has 0 spiro atoms. The summed E-state index contributed by atoms with van der Waals surface area (Å²) in [5.74, 6) is 1.05. The quantitative estimate of drug-likeness (QED) is 0.546. The van der Waals surface area contributed by atoms with Gasteiger partial charge in [-0.3, -0.25) is 4.79 Å². The van der Waals surface area contributed by atoms with E-state index in [1.54, 1.807) is 26.4 Å². The molecular formula is C25H22ClN3O3S. The molecule has 0 radical (unpaired) electrons. The van der Waals surface area contributed by atoms with Gasteiger partial charge >= 0.3 is 0 Å². The molecule has 33 heavy (non-hydrogen) atoms. The van der Waals surface area contributed by atoms with E-state index in [9.17, 15) is 4.79 Å². The lowest BCUT2D eigenvalue weighted by Crippen LogP contribution is -2.52. The number of halogens is 1. The zero-order chi connectivity index (χ0) is 23.2. The Labute approximate surface area is 202 Å². The highest BCUT2D eigenvalue weighted by Gasteiger charge is 2.58. The topological polar surface area (TPSA) is 54.0 Å². The molecule has 6 nitrogen and oxygen atoms in total. The van der Waals surface area contributed by atoms with Gasteiger partial charge in [-0.2, -0.15) is 0 Å². The molecule has 0 bridgehead atoms. The van der Waals surface area contributed by atoms with E-state index in [1.807, 2.05) is 59.5 Å². The molecule has 168 valence electrons. The van der Waals surface area contributed by atoms with Crippen LogP contribution < -0.4 is 14.8 Å². The predicted molar refractivity (Wildman–Crippen MR) is 132 cm³/mol. The van der Waals surface area contributed by atoms with E-state index in [0.717, 1.165) is 11.1 Å². The first-order chi connectivity index (χ1) is 16.0. The van der Waals surface area contributed by atoms with Crippen LogP contribution in [0.25, 0.3) is 0 Å². The summed E-state index contributed by atoms with van der Waals surface area (Å²) < 4.78 is 10.9. The molecular weight excluding hydrogens is 458 g/mol. The largest absolute Gasteiger partial charge is 0.495 e. The van der Waals surface area contributed by atoms with E-state index in [-0.39, 0.29) is 5.91 Å². The van der Waals surface area contributed by atoms with E-state index >= 15 is 0 Å². The number of hydrogen-bond donors (Lipinski definition) is 1. The molecule has 2 aliphatic heterocycles. The maximum absolute atomic E-state index is 13.4. The molecule has 3 aromatic carbocycles. The van der Waals surface area contributed by atoms with Gasteiger partial charge in [-0.1, -0.05) is 60.1 Å². The molecule has 3 aromatic rings. The van der Waals surface area contributed by atoms with Crippen molar-refractivity contribution in [2.45, 2.75) is 5.66 Å². The monoisotopic (exact) mass is 479 g/mol. The van der Waals surface area contributed by atoms with Crippen molar-refractivity contribution in [3.05, 3.63) is 88.4 Å². The third-order valence-electron chi connectivity index (χ3n) is 6.24. The number of methoxy groups -OCH3 is 2. The maximum Gasteiger partial charge on any atom is 0.256 e. The summed E-state index contributed by atoms with van der Waals surface area (Å²) in [5, 5.41) is 4.22. The average molecular weight is 480 g/mol. The van der Waals surface area contributed by atoms with Gasteiger partial charge in [0.25, 0.3) is 5.91 Å². The number of carbonyl (C=O) groups is 1. The van der Waals surface area contributed by atoms with Crippen LogP contribution in [0.5, 0.6) is 11.5 Å². The molecule has 0 aromatic heterocycles. The van der Waals surface area contributed by atoms with Gasteiger partial charge in [0.1, 0.15) is 11.5 Å². The number of nitrogens with one attached hydrogen (secondary N) is 1. The molecule has 2 heterocycles. The van der Waals surface area contributed by atoms with Gasteiger partial charge in [0.15, 0.2) is 10.8 Å². The fraction of sp³-hybridized carbons (Fsp3) is 0.200. The zero-order valence-electron chi connectivity index (χ0n) is 18.2. The van der Waals surface area contributed by atoms with Crippen LogP contribution in [0.2, 0.25) is 5.02 Å².